The number of nitrogens with zero attached hydrogens (tertiary/aromatic N) is 1. The van der Waals surface area contributed by atoms with Crippen LogP contribution in [0.2, 0.25) is 0 Å². The molecule has 5 nitrogen and oxygen atoms in total. The van der Waals surface area contributed by atoms with Crippen molar-refractivity contribution in [1.29, 1.82) is 0 Å². The SMILES string of the molecule is CCOC(=O)[C@H]1CS[C@H](c2ccco2)N1C(=S)NCc1ccccc1. The fourth-order valence-corrected chi connectivity index (χ4v) is 4.43. The topological polar surface area (TPSA) is 54.7 Å². The second-order valence-corrected chi connectivity index (χ2v) is 7.02. The van der Waals surface area contributed by atoms with Crippen LogP contribution in [-0.2, 0) is 16.1 Å². The molecule has 0 aliphatic carbocycles. The monoisotopic (exact) mass is 376 g/mol. The minimum atomic E-state index is -0.421. The Morgan fingerprint density at radius 1 is 1.36 bits per heavy atom. The number of rotatable bonds is 5. The third-order valence-electron chi connectivity index (χ3n) is 3.87. The van der Waals surface area contributed by atoms with Crippen LogP contribution in [0, 0.1) is 0 Å². The van der Waals surface area contributed by atoms with Gasteiger partial charge in [-0.1, -0.05) is 30.3 Å². The standard InChI is InChI=1S/C18H20N2O3S2/c1-2-22-17(21)14-12-25-16(15-9-6-10-23-15)20(14)18(24)19-11-13-7-4-3-5-8-13/h3-10,14,16H,2,11-12H2,1H3,(H,19,24)/t14-,16-/m1/s1. The zero-order valence-electron chi connectivity index (χ0n) is 13.9. The van der Waals surface area contributed by atoms with Gasteiger partial charge in [-0.25, -0.2) is 4.79 Å². The Kier molecular flexibility index (Phi) is 5.99. The third-order valence-corrected chi connectivity index (χ3v) is 5.51. The first kappa shape index (κ1) is 17.8. The van der Waals surface area contributed by atoms with Gasteiger partial charge in [0.05, 0.1) is 12.9 Å². The highest BCUT2D eigenvalue weighted by molar-refractivity contribution is 7.99. The number of nitrogens with one attached hydrogen (secondary N) is 1. The highest BCUT2D eigenvalue weighted by atomic mass is 32.2. The summed E-state index contributed by atoms with van der Waals surface area (Å²) >= 11 is 7.22. The molecule has 0 amide bonds. The summed E-state index contributed by atoms with van der Waals surface area (Å²) in [4.78, 5) is 14.2. The third kappa shape index (κ3) is 4.16. The molecule has 0 radical (unpaired) electrons. The van der Waals surface area contributed by atoms with E-state index in [9.17, 15) is 4.79 Å². The molecule has 25 heavy (non-hydrogen) atoms. The largest absolute Gasteiger partial charge is 0.466 e. The molecule has 1 aliphatic heterocycles. The van der Waals surface area contributed by atoms with Crippen molar-refractivity contribution in [2.45, 2.75) is 24.9 Å². The molecule has 0 unspecified atom stereocenters. The van der Waals surface area contributed by atoms with Crippen molar-refractivity contribution in [2.75, 3.05) is 12.4 Å². The Morgan fingerprint density at radius 2 is 2.16 bits per heavy atom. The van der Waals surface area contributed by atoms with Gasteiger partial charge in [-0.2, -0.15) is 0 Å². The van der Waals surface area contributed by atoms with Crippen LogP contribution >= 0.6 is 24.0 Å². The first-order valence-corrected chi connectivity index (χ1v) is 9.58. The Morgan fingerprint density at radius 3 is 2.84 bits per heavy atom. The van der Waals surface area contributed by atoms with E-state index in [4.69, 9.17) is 21.4 Å². The Hall–Kier alpha value is -1.99. The number of thioether (sulfide) groups is 1. The van der Waals surface area contributed by atoms with Crippen LogP contribution in [0.5, 0.6) is 0 Å². The average molecular weight is 377 g/mol. The lowest BCUT2D eigenvalue weighted by Gasteiger charge is -2.29. The van der Waals surface area contributed by atoms with Gasteiger partial charge in [0.2, 0.25) is 0 Å². The van der Waals surface area contributed by atoms with Crippen molar-refractivity contribution in [1.82, 2.24) is 10.2 Å². The molecule has 2 heterocycles. The van der Waals surface area contributed by atoms with Gasteiger partial charge in [-0.05, 0) is 36.8 Å². The Labute approximate surface area is 156 Å². The van der Waals surface area contributed by atoms with E-state index in [0.29, 0.717) is 24.0 Å². The highest BCUT2D eigenvalue weighted by Gasteiger charge is 2.42. The van der Waals surface area contributed by atoms with Crippen LogP contribution in [0.3, 0.4) is 0 Å². The molecule has 1 fully saturated rings. The van der Waals surface area contributed by atoms with E-state index >= 15 is 0 Å². The van der Waals surface area contributed by atoms with Gasteiger partial charge in [0.1, 0.15) is 17.2 Å². The molecule has 0 spiro atoms. The fraction of sp³-hybridized carbons (Fsp3) is 0.333. The lowest BCUT2D eigenvalue weighted by atomic mass is 10.2. The number of hydrogen-bond donors (Lipinski definition) is 1. The molecule has 0 saturated carbocycles. The number of esters is 1. The van der Waals surface area contributed by atoms with Gasteiger partial charge in [0.15, 0.2) is 5.11 Å². The fourth-order valence-electron chi connectivity index (χ4n) is 2.69. The number of furan rings is 1. The van der Waals surface area contributed by atoms with Gasteiger partial charge >= 0.3 is 5.97 Å². The maximum atomic E-state index is 12.4. The summed E-state index contributed by atoms with van der Waals surface area (Å²) in [7, 11) is 0. The zero-order valence-corrected chi connectivity index (χ0v) is 15.5. The molecular weight excluding hydrogens is 356 g/mol. The van der Waals surface area contributed by atoms with Crippen LogP contribution in [0.1, 0.15) is 23.6 Å². The van der Waals surface area contributed by atoms with Gasteiger partial charge in [-0.15, -0.1) is 11.8 Å². The first-order valence-electron chi connectivity index (χ1n) is 8.12. The van der Waals surface area contributed by atoms with Crippen molar-refractivity contribution in [3.63, 3.8) is 0 Å². The summed E-state index contributed by atoms with van der Waals surface area (Å²) < 4.78 is 10.8. The van der Waals surface area contributed by atoms with Crippen LogP contribution in [0.25, 0.3) is 0 Å². The molecule has 1 aromatic carbocycles. The van der Waals surface area contributed by atoms with Crippen LogP contribution in [0.15, 0.2) is 53.1 Å². The Balaban J connectivity index is 1.75. The second kappa shape index (κ2) is 8.40. The summed E-state index contributed by atoms with van der Waals surface area (Å²) in [6.07, 6.45) is 1.63. The molecule has 2 atom stereocenters. The number of ether oxygens (including phenoxy) is 1. The second-order valence-electron chi connectivity index (χ2n) is 5.52. The minimum absolute atomic E-state index is 0.139. The van der Waals surface area contributed by atoms with Gasteiger partial charge in [0.25, 0.3) is 0 Å². The van der Waals surface area contributed by atoms with Crippen LogP contribution in [0.4, 0.5) is 0 Å². The van der Waals surface area contributed by atoms with E-state index in [1.54, 1.807) is 24.9 Å². The van der Waals surface area contributed by atoms with Crippen molar-refractivity contribution in [2.24, 2.45) is 0 Å². The lowest BCUT2D eigenvalue weighted by Crippen LogP contribution is -2.48. The zero-order chi connectivity index (χ0) is 17.6. The van der Waals surface area contributed by atoms with E-state index in [0.717, 1.165) is 11.3 Å². The summed E-state index contributed by atoms with van der Waals surface area (Å²) in [6, 6.07) is 13.3. The molecule has 1 aromatic heterocycles. The molecule has 7 heteroatoms. The summed E-state index contributed by atoms with van der Waals surface area (Å²) in [5.74, 6) is 1.13. The van der Waals surface area contributed by atoms with Gasteiger partial charge in [0, 0.05) is 12.3 Å². The smallest absolute Gasteiger partial charge is 0.329 e. The maximum Gasteiger partial charge on any atom is 0.329 e. The predicted octanol–water partition coefficient (Wildman–Crippen LogP) is 3.33. The van der Waals surface area contributed by atoms with Crippen molar-refractivity contribution in [3.05, 3.63) is 60.1 Å². The van der Waals surface area contributed by atoms with Crippen molar-refractivity contribution < 1.29 is 13.9 Å². The quantitative estimate of drug-likeness (QED) is 0.634. The Bertz CT molecular complexity index is 706. The molecule has 2 aromatic rings. The summed E-state index contributed by atoms with van der Waals surface area (Å²) in [5, 5.41) is 3.64. The molecule has 0 bridgehead atoms. The van der Waals surface area contributed by atoms with Crippen LogP contribution in [-0.4, -0.2) is 34.4 Å². The lowest BCUT2D eigenvalue weighted by molar-refractivity contribution is -0.147. The predicted molar refractivity (Wildman–Crippen MR) is 102 cm³/mol. The molecule has 1 aliphatic rings. The maximum absolute atomic E-state index is 12.4. The number of thiocarbonyl (C=S) groups is 1. The van der Waals surface area contributed by atoms with Crippen LogP contribution < -0.4 is 5.32 Å². The van der Waals surface area contributed by atoms with E-state index in [-0.39, 0.29) is 11.3 Å². The summed E-state index contributed by atoms with van der Waals surface area (Å²) in [5.41, 5.74) is 1.12. The van der Waals surface area contributed by atoms with E-state index in [2.05, 4.69) is 5.32 Å². The molecule has 132 valence electrons. The number of carbonyl (C=O) groups excluding carboxylic acids is 1. The van der Waals surface area contributed by atoms with E-state index < -0.39 is 6.04 Å². The minimum Gasteiger partial charge on any atom is -0.466 e. The normalized spacial score (nSPS) is 19.6. The molecule has 1 saturated heterocycles. The number of carbonyl (C=O) groups is 1. The highest BCUT2D eigenvalue weighted by Crippen LogP contribution is 2.41. The van der Waals surface area contributed by atoms with E-state index in [1.165, 1.54) is 0 Å². The molecule has 1 N–H and O–H groups in total. The summed E-state index contributed by atoms with van der Waals surface area (Å²) in [6.45, 7) is 2.76. The number of benzene rings is 1. The van der Waals surface area contributed by atoms with Gasteiger partial charge < -0.3 is 19.4 Å². The molecular formula is C18H20N2O3S2. The average Bonchev–Trinajstić information content (AvgIpc) is 3.29. The number of hydrogen-bond acceptors (Lipinski definition) is 5. The van der Waals surface area contributed by atoms with E-state index in [1.807, 2.05) is 47.4 Å². The van der Waals surface area contributed by atoms with Crippen molar-refractivity contribution >= 4 is 35.1 Å². The van der Waals surface area contributed by atoms with Gasteiger partial charge in [-0.3, -0.25) is 0 Å². The molecule has 3 rings (SSSR count). The first-order chi connectivity index (χ1) is 12.2. The van der Waals surface area contributed by atoms with Crippen molar-refractivity contribution in [3.8, 4) is 0 Å².